The van der Waals surface area contributed by atoms with Crippen molar-refractivity contribution in [3.05, 3.63) is 59.1 Å². The van der Waals surface area contributed by atoms with Gasteiger partial charge in [0.1, 0.15) is 10.8 Å². The summed E-state index contributed by atoms with van der Waals surface area (Å²) in [4.78, 5) is 37.1. The average Bonchev–Trinajstić information content (AvgIpc) is 2.83. The van der Waals surface area contributed by atoms with Crippen LogP contribution in [0.3, 0.4) is 0 Å². The van der Waals surface area contributed by atoms with Crippen LogP contribution >= 0.6 is 11.6 Å². The first kappa shape index (κ1) is 20.4. The van der Waals surface area contributed by atoms with Crippen LogP contribution in [0.1, 0.15) is 12.5 Å². The Morgan fingerprint density at radius 2 is 1.72 bits per heavy atom. The van der Waals surface area contributed by atoms with Crippen molar-refractivity contribution in [1.82, 2.24) is 0 Å². The van der Waals surface area contributed by atoms with E-state index >= 15 is 0 Å². The standard InChI is InChI=1S/C19H12ClF3N2O4/c1-10(26)24-12-7-5-11(6-8-12)15-16(20)18(28)25(17(15)27)13-3-2-4-14(9-13)29-19(21,22)23/h2-9H,1H3,(H,24,26). The summed E-state index contributed by atoms with van der Waals surface area (Å²) in [5.74, 6) is -2.53. The molecule has 150 valence electrons. The molecule has 0 radical (unpaired) electrons. The predicted molar refractivity (Wildman–Crippen MR) is 99.1 cm³/mol. The van der Waals surface area contributed by atoms with Gasteiger partial charge in [-0.05, 0) is 29.8 Å². The van der Waals surface area contributed by atoms with E-state index in [0.29, 0.717) is 16.2 Å². The van der Waals surface area contributed by atoms with E-state index in [4.69, 9.17) is 11.6 Å². The number of hydrogen-bond donors (Lipinski definition) is 1. The number of hydrogen-bond acceptors (Lipinski definition) is 4. The van der Waals surface area contributed by atoms with Crippen LogP contribution in [0.5, 0.6) is 5.75 Å². The van der Waals surface area contributed by atoms with Gasteiger partial charge in [0, 0.05) is 18.7 Å². The van der Waals surface area contributed by atoms with Gasteiger partial charge in [0.2, 0.25) is 5.91 Å². The number of anilines is 2. The van der Waals surface area contributed by atoms with Gasteiger partial charge < -0.3 is 10.1 Å². The van der Waals surface area contributed by atoms with E-state index in [0.717, 1.165) is 12.1 Å². The van der Waals surface area contributed by atoms with Gasteiger partial charge in [0.15, 0.2) is 0 Å². The molecule has 0 aliphatic carbocycles. The number of carbonyl (C=O) groups excluding carboxylic acids is 3. The van der Waals surface area contributed by atoms with Gasteiger partial charge in [-0.3, -0.25) is 14.4 Å². The highest BCUT2D eigenvalue weighted by molar-refractivity contribution is 6.60. The second-order valence-electron chi connectivity index (χ2n) is 5.94. The quantitative estimate of drug-likeness (QED) is 0.751. The average molecular weight is 425 g/mol. The van der Waals surface area contributed by atoms with Crippen molar-refractivity contribution < 1.29 is 32.3 Å². The highest BCUT2D eigenvalue weighted by atomic mass is 35.5. The number of rotatable bonds is 4. The normalized spacial score (nSPS) is 14.4. The highest BCUT2D eigenvalue weighted by Gasteiger charge is 2.39. The van der Waals surface area contributed by atoms with Crippen molar-refractivity contribution in [3.8, 4) is 5.75 Å². The lowest BCUT2D eigenvalue weighted by atomic mass is 10.1. The molecule has 0 atom stereocenters. The molecule has 1 aliphatic heterocycles. The topological polar surface area (TPSA) is 75.7 Å². The number of imide groups is 1. The van der Waals surface area contributed by atoms with Crippen LogP contribution in [0.2, 0.25) is 0 Å². The lowest BCUT2D eigenvalue weighted by Gasteiger charge is -2.16. The number of halogens is 4. The molecule has 0 saturated carbocycles. The zero-order valence-corrected chi connectivity index (χ0v) is 15.5. The maximum absolute atomic E-state index is 12.8. The van der Waals surface area contributed by atoms with E-state index in [1.165, 1.54) is 43.3 Å². The van der Waals surface area contributed by atoms with Gasteiger partial charge in [0.05, 0.1) is 11.3 Å². The molecule has 0 unspecified atom stereocenters. The molecule has 1 aliphatic rings. The zero-order valence-electron chi connectivity index (χ0n) is 14.7. The van der Waals surface area contributed by atoms with Gasteiger partial charge in [-0.1, -0.05) is 29.8 Å². The summed E-state index contributed by atoms with van der Waals surface area (Å²) in [6, 6.07) is 10.5. The predicted octanol–water partition coefficient (Wildman–Crippen LogP) is 4.07. The van der Waals surface area contributed by atoms with Crippen LogP contribution in [0.4, 0.5) is 24.5 Å². The molecule has 1 N–H and O–H groups in total. The zero-order chi connectivity index (χ0) is 21.3. The number of carbonyl (C=O) groups is 3. The van der Waals surface area contributed by atoms with Crippen LogP contribution in [0, 0.1) is 0 Å². The molecule has 3 amide bonds. The third kappa shape index (κ3) is 4.40. The minimum Gasteiger partial charge on any atom is -0.406 e. The van der Waals surface area contributed by atoms with Gasteiger partial charge in [-0.2, -0.15) is 0 Å². The molecule has 0 saturated heterocycles. The number of ether oxygens (including phenoxy) is 1. The molecule has 6 nitrogen and oxygen atoms in total. The molecule has 0 spiro atoms. The summed E-state index contributed by atoms with van der Waals surface area (Å²) in [7, 11) is 0. The highest BCUT2D eigenvalue weighted by Crippen LogP contribution is 2.36. The molecule has 0 bridgehead atoms. The van der Waals surface area contributed by atoms with E-state index in [1.807, 2.05) is 0 Å². The summed E-state index contributed by atoms with van der Waals surface area (Å²) in [5, 5.41) is 2.19. The fourth-order valence-corrected chi connectivity index (χ4v) is 3.01. The Balaban J connectivity index is 1.91. The van der Waals surface area contributed by atoms with E-state index in [1.54, 1.807) is 0 Å². The maximum Gasteiger partial charge on any atom is 0.573 e. The van der Waals surface area contributed by atoms with E-state index in [2.05, 4.69) is 10.1 Å². The summed E-state index contributed by atoms with van der Waals surface area (Å²) >= 11 is 6.06. The number of nitrogens with one attached hydrogen (secondary N) is 1. The third-order valence-electron chi connectivity index (χ3n) is 3.83. The Labute approximate surface area is 167 Å². The van der Waals surface area contributed by atoms with Crippen molar-refractivity contribution in [2.45, 2.75) is 13.3 Å². The third-order valence-corrected chi connectivity index (χ3v) is 4.18. The van der Waals surface area contributed by atoms with Gasteiger partial charge >= 0.3 is 6.36 Å². The van der Waals surface area contributed by atoms with E-state index in [9.17, 15) is 27.6 Å². The second kappa shape index (κ2) is 7.59. The van der Waals surface area contributed by atoms with Crippen molar-refractivity contribution in [2.75, 3.05) is 10.2 Å². The fourth-order valence-electron chi connectivity index (χ4n) is 2.73. The van der Waals surface area contributed by atoms with Crippen molar-refractivity contribution in [1.29, 1.82) is 0 Å². The summed E-state index contributed by atoms with van der Waals surface area (Å²) in [5.41, 5.74) is 0.564. The molecule has 3 rings (SSSR count). The van der Waals surface area contributed by atoms with E-state index in [-0.39, 0.29) is 22.2 Å². The Kier molecular flexibility index (Phi) is 5.34. The summed E-state index contributed by atoms with van der Waals surface area (Å²) < 4.78 is 41.1. The molecule has 1 heterocycles. The van der Waals surface area contributed by atoms with Crippen LogP contribution < -0.4 is 15.0 Å². The first-order valence-corrected chi connectivity index (χ1v) is 8.47. The molecular formula is C19H12ClF3N2O4. The molecule has 2 aromatic rings. The molecule has 10 heteroatoms. The first-order chi connectivity index (χ1) is 13.6. The number of amides is 3. The maximum atomic E-state index is 12.8. The Bertz CT molecular complexity index is 1030. The molecular weight excluding hydrogens is 413 g/mol. The number of alkyl halides is 3. The summed E-state index contributed by atoms with van der Waals surface area (Å²) in [6.45, 7) is 1.33. The Morgan fingerprint density at radius 3 is 2.31 bits per heavy atom. The monoisotopic (exact) mass is 424 g/mol. The van der Waals surface area contributed by atoms with Crippen LogP contribution in [-0.2, 0) is 14.4 Å². The number of nitrogens with zero attached hydrogens (tertiary/aromatic N) is 1. The molecule has 2 aromatic carbocycles. The minimum absolute atomic E-state index is 0.104. The van der Waals surface area contributed by atoms with Crippen molar-refractivity contribution in [3.63, 3.8) is 0 Å². The number of benzene rings is 2. The van der Waals surface area contributed by atoms with Gasteiger partial charge in [-0.25, -0.2) is 4.90 Å². The fraction of sp³-hybridized carbons (Fsp3) is 0.105. The molecule has 0 fully saturated rings. The lowest BCUT2D eigenvalue weighted by Crippen LogP contribution is -2.31. The van der Waals surface area contributed by atoms with Crippen LogP contribution in [0.25, 0.3) is 5.57 Å². The largest absolute Gasteiger partial charge is 0.573 e. The van der Waals surface area contributed by atoms with Crippen LogP contribution in [-0.4, -0.2) is 24.1 Å². The van der Waals surface area contributed by atoms with Crippen molar-refractivity contribution in [2.24, 2.45) is 0 Å². The van der Waals surface area contributed by atoms with Crippen molar-refractivity contribution >= 4 is 46.3 Å². The van der Waals surface area contributed by atoms with Gasteiger partial charge in [-0.15, -0.1) is 13.2 Å². The molecule has 0 aromatic heterocycles. The smallest absolute Gasteiger partial charge is 0.406 e. The van der Waals surface area contributed by atoms with Crippen LogP contribution in [0.15, 0.2) is 53.6 Å². The Morgan fingerprint density at radius 1 is 1.07 bits per heavy atom. The minimum atomic E-state index is -4.92. The van der Waals surface area contributed by atoms with E-state index < -0.39 is 23.9 Å². The first-order valence-electron chi connectivity index (χ1n) is 8.09. The molecule has 29 heavy (non-hydrogen) atoms. The summed E-state index contributed by atoms with van der Waals surface area (Å²) in [6.07, 6.45) is -4.92. The second-order valence-corrected chi connectivity index (χ2v) is 6.32. The van der Waals surface area contributed by atoms with Gasteiger partial charge in [0.25, 0.3) is 11.8 Å². The Hall–Kier alpha value is -3.33. The SMILES string of the molecule is CC(=O)Nc1ccc(C2=C(Cl)C(=O)N(c3cccc(OC(F)(F)F)c3)C2=O)cc1. The lowest BCUT2D eigenvalue weighted by molar-refractivity contribution is -0.274.